The van der Waals surface area contributed by atoms with Gasteiger partial charge in [0.05, 0.1) is 13.2 Å². The number of anilines is 1. The Morgan fingerprint density at radius 3 is 2.88 bits per heavy atom. The summed E-state index contributed by atoms with van der Waals surface area (Å²) < 4.78 is 33.3. The van der Waals surface area contributed by atoms with Gasteiger partial charge in [-0.3, -0.25) is 0 Å². The van der Waals surface area contributed by atoms with Crippen LogP contribution in [0, 0.1) is 11.6 Å². The predicted octanol–water partition coefficient (Wildman–Crippen LogP) is 3.49. The molecule has 0 atom stereocenters. The second-order valence-electron chi connectivity index (χ2n) is 5.45. The first kappa shape index (κ1) is 16.6. The van der Waals surface area contributed by atoms with Gasteiger partial charge in [0.2, 0.25) is 0 Å². The number of benzene rings is 1. The fourth-order valence-electron chi connectivity index (χ4n) is 2.52. The highest BCUT2D eigenvalue weighted by molar-refractivity contribution is 7.98. The number of fused-ring (bicyclic) bond motifs is 1. The number of halogens is 2. The van der Waals surface area contributed by atoms with Gasteiger partial charge in [-0.15, -0.1) is 0 Å². The number of thiazole rings is 1. The Labute approximate surface area is 151 Å². The Kier molecular flexibility index (Phi) is 4.78. The molecule has 4 rings (SSSR count). The van der Waals surface area contributed by atoms with Crippen LogP contribution in [0.25, 0.3) is 10.3 Å². The van der Waals surface area contributed by atoms with Crippen molar-refractivity contribution in [1.29, 1.82) is 0 Å². The summed E-state index contributed by atoms with van der Waals surface area (Å²) in [5.74, 6) is -0.574. The molecule has 3 heterocycles. The molecule has 0 amide bonds. The Hall–Kier alpha value is -1.84. The van der Waals surface area contributed by atoms with E-state index in [1.54, 1.807) is 0 Å². The number of hydrogen-bond acceptors (Lipinski definition) is 7. The lowest BCUT2D eigenvalue weighted by molar-refractivity contribution is 0.122. The highest BCUT2D eigenvalue weighted by Gasteiger charge is 2.18. The van der Waals surface area contributed by atoms with Crippen molar-refractivity contribution in [2.75, 3.05) is 31.2 Å². The van der Waals surface area contributed by atoms with E-state index < -0.39 is 11.6 Å². The number of ether oxygens (including phenoxy) is 1. The molecular formula is C16H14F2N4OS2. The number of thioether (sulfide) groups is 1. The molecule has 25 heavy (non-hydrogen) atoms. The van der Waals surface area contributed by atoms with E-state index in [4.69, 9.17) is 4.74 Å². The molecule has 0 aliphatic carbocycles. The number of morpholine rings is 1. The molecule has 9 heteroatoms. The van der Waals surface area contributed by atoms with Crippen LogP contribution in [0.5, 0.6) is 0 Å². The summed E-state index contributed by atoms with van der Waals surface area (Å²) in [6, 6.07) is 3.47. The lowest BCUT2D eigenvalue weighted by atomic mass is 10.2. The molecule has 0 bridgehead atoms. The van der Waals surface area contributed by atoms with Gasteiger partial charge in [-0.05, 0) is 18.2 Å². The van der Waals surface area contributed by atoms with E-state index in [1.807, 2.05) is 0 Å². The van der Waals surface area contributed by atoms with Crippen molar-refractivity contribution in [1.82, 2.24) is 15.0 Å². The Morgan fingerprint density at radius 1 is 1.20 bits per heavy atom. The Morgan fingerprint density at radius 2 is 2.04 bits per heavy atom. The molecule has 1 aliphatic heterocycles. The smallest absolute Gasteiger partial charge is 0.188 e. The van der Waals surface area contributed by atoms with Crippen molar-refractivity contribution in [2.45, 2.75) is 10.8 Å². The highest BCUT2D eigenvalue weighted by atomic mass is 32.2. The molecule has 2 aromatic heterocycles. The van der Waals surface area contributed by atoms with E-state index in [0.717, 1.165) is 40.1 Å². The average molecular weight is 380 g/mol. The van der Waals surface area contributed by atoms with Crippen LogP contribution in [0.1, 0.15) is 5.56 Å². The molecule has 0 unspecified atom stereocenters. The van der Waals surface area contributed by atoms with Gasteiger partial charge in [-0.1, -0.05) is 23.1 Å². The van der Waals surface area contributed by atoms with Gasteiger partial charge in [0.25, 0.3) is 0 Å². The Bertz CT molecular complexity index is 899. The maximum absolute atomic E-state index is 13.8. The molecule has 3 aromatic rings. The molecule has 130 valence electrons. The highest BCUT2D eigenvalue weighted by Crippen LogP contribution is 2.35. The van der Waals surface area contributed by atoms with Crippen molar-refractivity contribution in [2.24, 2.45) is 0 Å². The quantitative estimate of drug-likeness (QED) is 0.510. The van der Waals surface area contributed by atoms with Gasteiger partial charge in [0.15, 0.2) is 10.8 Å². The summed E-state index contributed by atoms with van der Waals surface area (Å²) in [7, 11) is 0. The number of hydrogen-bond donors (Lipinski definition) is 0. The number of rotatable bonds is 4. The molecule has 0 N–H and O–H groups in total. The lowest BCUT2D eigenvalue weighted by Crippen LogP contribution is -2.36. The summed E-state index contributed by atoms with van der Waals surface area (Å²) in [4.78, 5) is 15.3. The van der Waals surface area contributed by atoms with Crippen molar-refractivity contribution in [3.8, 4) is 0 Å². The average Bonchev–Trinajstić information content (AvgIpc) is 3.08. The summed E-state index contributed by atoms with van der Waals surface area (Å²) in [6.45, 7) is 2.96. The fraction of sp³-hybridized carbons (Fsp3) is 0.312. The summed E-state index contributed by atoms with van der Waals surface area (Å²) >= 11 is 2.87. The molecule has 1 saturated heterocycles. The van der Waals surface area contributed by atoms with Crippen molar-refractivity contribution >= 4 is 38.6 Å². The second-order valence-corrected chi connectivity index (χ2v) is 7.39. The topological polar surface area (TPSA) is 51.1 Å². The van der Waals surface area contributed by atoms with Gasteiger partial charge in [-0.2, -0.15) is 4.98 Å². The van der Waals surface area contributed by atoms with Crippen LogP contribution < -0.4 is 4.90 Å². The maximum atomic E-state index is 13.8. The zero-order chi connectivity index (χ0) is 17.2. The molecule has 1 fully saturated rings. The maximum Gasteiger partial charge on any atom is 0.188 e. The molecule has 1 aliphatic rings. The SMILES string of the molecule is Fc1ccc(F)c(CSc2ncnc3nc(N4CCOCC4)sc23)c1. The minimum absolute atomic E-state index is 0.292. The van der Waals surface area contributed by atoms with Crippen molar-refractivity contribution in [3.63, 3.8) is 0 Å². The third kappa shape index (κ3) is 3.58. The number of aromatic nitrogens is 3. The van der Waals surface area contributed by atoms with E-state index in [1.165, 1.54) is 35.5 Å². The zero-order valence-corrected chi connectivity index (χ0v) is 14.7. The molecule has 0 saturated carbocycles. The van der Waals surface area contributed by atoms with Gasteiger partial charge < -0.3 is 9.64 Å². The van der Waals surface area contributed by atoms with E-state index in [9.17, 15) is 8.78 Å². The Balaban J connectivity index is 1.59. The van der Waals surface area contributed by atoms with Gasteiger partial charge in [-0.25, -0.2) is 18.7 Å². The molecule has 0 spiro atoms. The normalized spacial score (nSPS) is 15.0. The van der Waals surface area contributed by atoms with E-state index in [2.05, 4.69) is 19.9 Å². The van der Waals surface area contributed by atoms with Crippen LogP contribution in [-0.4, -0.2) is 41.3 Å². The van der Waals surface area contributed by atoms with Crippen LogP contribution in [-0.2, 0) is 10.5 Å². The van der Waals surface area contributed by atoms with E-state index in [-0.39, 0.29) is 0 Å². The predicted molar refractivity (Wildman–Crippen MR) is 94.2 cm³/mol. The zero-order valence-electron chi connectivity index (χ0n) is 13.1. The number of nitrogens with zero attached hydrogens (tertiary/aromatic N) is 4. The third-order valence-electron chi connectivity index (χ3n) is 3.80. The monoisotopic (exact) mass is 380 g/mol. The van der Waals surface area contributed by atoms with Crippen molar-refractivity contribution in [3.05, 3.63) is 41.7 Å². The van der Waals surface area contributed by atoms with Gasteiger partial charge in [0.1, 0.15) is 27.7 Å². The van der Waals surface area contributed by atoms with Crippen LogP contribution in [0.2, 0.25) is 0 Å². The molecule has 0 radical (unpaired) electrons. The largest absolute Gasteiger partial charge is 0.378 e. The standard InChI is InChI=1S/C16H14F2N4OS2/c17-11-1-2-12(18)10(7-11)8-24-15-13-14(19-9-20-15)21-16(25-13)22-3-5-23-6-4-22/h1-2,7,9H,3-6,8H2. The van der Waals surface area contributed by atoms with Crippen LogP contribution >= 0.6 is 23.1 Å². The first-order valence-corrected chi connectivity index (χ1v) is 9.52. The van der Waals surface area contributed by atoms with Crippen LogP contribution in [0.15, 0.2) is 29.6 Å². The van der Waals surface area contributed by atoms with E-state index in [0.29, 0.717) is 30.2 Å². The minimum atomic E-state index is -0.447. The lowest BCUT2D eigenvalue weighted by Gasteiger charge is -2.25. The summed E-state index contributed by atoms with van der Waals surface area (Å²) in [6.07, 6.45) is 1.45. The minimum Gasteiger partial charge on any atom is -0.378 e. The molecular weight excluding hydrogens is 366 g/mol. The summed E-state index contributed by atoms with van der Waals surface area (Å²) in [5.41, 5.74) is 0.943. The first-order valence-electron chi connectivity index (χ1n) is 7.71. The van der Waals surface area contributed by atoms with Crippen molar-refractivity contribution < 1.29 is 13.5 Å². The third-order valence-corrected chi connectivity index (χ3v) is 6.08. The van der Waals surface area contributed by atoms with E-state index >= 15 is 0 Å². The van der Waals surface area contributed by atoms with Gasteiger partial charge in [0, 0.05) is 24.4 Å². The van der Waals surface area contributed by atoms with Crippen LogP contribution in [0.4, 0.5) is 13.9 Å². The molecule has 5 nitrogen and oxygen atoms in total. The summed E-state index contributed by atoms with van der Waals surface area (Å²) in [5, 5.41) is 1.61. The first-order chi connectivity index (χ1) is 12.2. The fourth-order valence-corrected chi connectivity index (χ4v) is 4.63. The van der Waals surface area contributed by atoms with Crippen LogP contribution in [0.3, 0.4) is 0 Å². The van der Waals surface area contributed by atoms with Gasteiger partial charge >= 0.3 is 0 Å². The molecule has 1 aromatic carbocycles. The second kappa shape index (κ2) is 7.19.